The first-order valence-corrected chi connectivity index (χ1v) is 10.1. The van der Waals surface area contributed by atoms with E-state index in [1.807, 2.05) is 24.3 Å². The van der Waals surface area contributed by atoms with Crippen molar-refractivity contribution in [3.8, 4) is 17.6 Å². The molecule has 0 saturated carbocycles. The lowest BCUT2D eigenvalue weighted by atomic mass is 10.0. The highest BCUT2D eigenvalue weighted by Gasteiger charge is 2.27. The smallest absolute Gasteiger partial charge is 0.146 e. The van der Waals surface area contributed by atoms with Crippen LogP contribution < -0.4 is 15.4 Å². The van der Waals surface area contributed by atoms with Crippen molar-refractivity contribution in [3.05, 3.63) is 94.5 Å². The zero-order valence-corrected chi connectivity index (χ0v) is 16.7. The third-order valence-electron chi connectivity index (χ3n) is 5.16. The molecule has 1 aliphatic heterocycles. The van der Waals surface area contributed by atoms with Gasteiger partial charge in [0.05, 0.1) is 5.02 Å². The molecule has 0 amide bonds. The molecule has 5 heteroatoms. The van der Waals surface area contributed by atoms with Gasteiger partial charge in [-0.05, 0) is 48.4 Å². The maximum atomic E-state index is 9.33. The predicted molar refractivity (Wildman–Crippen MR) is 115 cm³/mol. The number of nitrogens with one attached hydrogen (secondary N) is 2. The van der Waals surface area contributed by atoms with E-state index < -0.39 is 0 Å². The molecule has 0 spiro atoms. The van der Waals surface area contributed by atoms with E-state index in [4.69, 9.17) is 16.3 Å². The first kappa shape index (κ1) is 19.5. The van der Waals surface area contributed by atoms with E-state index in [-0.39, 0.29) is 0 Å². The monoisotopic (exact) mass is 403 g/mol. The minimum atomic E-state index is 0.320. The summed E-state index contributed by atoms with van der Waals surface area (Å²) in [4.78, 5) is 0. The van der Waals surface area contributed by atoms with Gasteiger partial charge in [0.25, 0.3) is 0 Å². The van der Waals surface area contributed by atoms with Gasteiger partial charge in [-0.15, -0.1) is 0 Å². The van der Waals surface area contributed by atoms with Gasteiger partial charge >= 0.3 is 0 Å². The van der Waals surface area contributed by atoms with Crippen molar-refractivity contribution in [1.29, 1.82) is 5.26 Å². The molecule has 1 heterocycles. The second-order valence-corrected chi connectivity index (χ2v) is 7.50. The van der Waals surface area contributed by atoms with Crippen molar-refractivity contribution in [2.24, 2.45) is 0 Å². The van der Waals surface area contributed by atoms with Gasteiger partial charge < -0.3 is 15.4 Å². The average Bonchev–Trinajstić information content (AvgIpc) is 3.22. The summed E-state index contributed by atoms with van der Waals surface area (Å²) >= 11 is 6.10. The molecule has 2 unspecified atom stereocenters. The van der Waals surface area contributed by atoms with Crippen LogP contribution >= 0.6 is 11.6 Å². The summed E-state index contributed by atoms with van der Waals surface area (Å²) in [7, 11) is 0. The molecule has 2 atom stereocenters. The Bertz CT molecular complexity index is 1020. The van der Waals surface area contributed by atoms with Gasteiger partial charge in [0.1, 0.15) is 23.1 Å². The zero-order valence-electron chi connectivity index (χ0n) is 15.9. The molecule has 4 nitrogen and oxygen atoms in total. The summed E-state index contributed by atoms with van der Waals surface area (Å²) in [6, 6.07) is 26.5. The molecule has 0 aliphatic carbocycles. The Hall–Kier alpha value is -2.84. The molecule has 146 valence electrons. The fourth-order valence-corrected chi connectivity index (χ4v) is 3.93. The maximum absolute atomic E-state index is 9.33. The Balaban J connectivity index is 1.43. The number of hydrogen-bond donors (Lipinski definition) is 2. The summed E-state index contributed by atoms with van der Waals surface area (Å²) in [6.07, 6.45) is 1.09. The molecule has 1 fully saturated rings. The quantitative estimate of drug-likeness (QED) is 0.594. The number of benzene rings is 3. The Kier molecular flexibility index (Phi) is 6.12. The highest BCUT2D eigenvalue weighted by Crippen LogP contribution is 2.30. The van der Waals surface area contributed by atoms with Crippen molar-refractivity contribution >= 4 is 11.6 Å². The van der Waals surface area contributed by atoms with Crippen LogP contribution in [0.5, 0.6) is 11.5 Å². The summed E-state index contributed by atoms with van der Waals surface area (Å²) in [5, 5.41) is 17.0. The average molecular weight is 404 g/mol. The van der Waals surface area contributed by atoms with Gasteiger partial charge in [0.15, 0.2) is 0 Å². The molecule has 0 radical (unpaired) electrons. The molecule has 1 aliphatic rings. The lowest BCUT2D eigenvalue weighted by molar-refractivity contribution is 0.458. The van der Waals surface area contributed by atoms with E-state index in [1.54, 1.807) is 18.2 Å². The van der Waals surface area contributed by atoms with Crippen molar-refractivity contribution < 1.29 is 4.74 Å². The van der Waals surface area contributed by atoms with Gasteiger partial charge in [-0.25, -0.2) is 0 Å². The molecular formula is C24H22ClN3O. The molecule has 2 N–H and O–H groups in total. The Morgan fingerprint density at radius 2 is 1.90 bits per heavy atom. The van der Waals surface area contributed by atoms with Crippen LogP contribution in [0, 0.1) is 11.3 Å². The Labute approximate surface area is 176 Å². The third kappa shape index (κ3) is 4.60. The van der Waals surface area contributed by atoms with Crippen LogP contribution in [0.4, 0.5) is 0 Å². The molecule has 29 heavy (non-hydrogen) atoms. The fourth-order valence-electron chi connectivity index (χ4n) is 3.73. The normalized spacial score (nSPS) is 18.3. The van der Waals surface area contributed by atoms with Crippen LogP contribution in [0.3, 0.4) is 0 Å². The van der Waals surface area contributed by atoms with Crippen molar-refractivity contribution in [2.45, 2.75) is 25.0 Å². The van der Waals surface area contributed by atoms with Crippen LogP contribution in [-0.2, 0) is 6.54 Å². The molecule has 4 rings (SSSR count). The molecule has 1 saturated heterocycles. The van der Waals surface area contributed by atoms with Gasteiger partial charge in [-0.3, -0.25) is 0 Å². The molecular weight excluding hydrogens is 382 g/mol. The predicted octanol–water partition coefficient (Wildman–Crippen LogP) is 5.20. The Morgan fingerprint density at radius 1 is 1.07 bits per heavy atom. The second kappa shape index (κ2) is 9.11. The number of nitriles is 1. The molecule has 0 aromatic heterocycles. The van der Waals surface area contributed by atoms with Crippen molar-refractivity contribution in [2.75, 3.05) is 6.54 Å². The van der Waals surface area contributed by atoms with Gasteiger partial charge in [0.2, 0.25) is 0 Å². The Morgan fingerprint density at radius 3 is 2.72 bits per heavy atom. The fraction of sp³-hybridized carbons (Fsp3) is 0.208. The van der Waals surface area contributed by atoms with Gasteiger partial charge in [-0.1, -0.05) is 60.1 Å². The second-order valence-electron chi connectivity index (χ2n) is 7.09. The largest absolute Gasteiger partial charge is 0.456 e. The third-order valence-corrected chi connectivity index (χ3v) is 5.48. The van der Waals surface area contributed by atoms with Crippen molar-refractivity contribution in [3.63, 3.8) is 0 Å². The van der Waals surface area contributed by atoms with Gasteiger partial charge in [-0.2, -0.15) is 5.26 Å². The minimum Gasteiger partial charge on any atom is -0.456 e. The maximum Gasteiger partial charge on any atom is 0.146 e. The van der Waals surface area contributed by atoms with Gasteiger partial charge in [0, 0.05) is 18.6 Å². The van der Waals surface area contributed by atoms with E-state index >= 15 is 0 Å². The first-order valence-electron chi connectivity index (χ1n) is 9.72. The van der Waals surface area contributed by atoms with Crippen molar-refractivity contribution in [1.82, 2.24) is 10.6 Å². The SMILES string of the molecule is N#Cc1c(Cl)cccc1Oc1cccc(CNC2CCNC2c2ccccc2)c1. The highest BCUT2D eigenvalue weighted by molar-refractivity contribution is 6.31. The van der Waals surface area contributed by atoms with Crippen LogP contribution in [0.15, 0.2) is 72.8 Å². The van der Waals surface area contributed by atoms with E-state index in [1.165, 1.54) is 5.56 Å². The van der Waals surface area contributed by atoms with E-state index in [0.717, 1.165) is 25.1 Å². The van der Waals surface area contributed by atoms with E-state index in [0.29, 0.717) is 34.2 Å². The lowest BCUT2D eigenvalue weighted by Crippen LogP contribution is -2.33. The molecule has 0 bridgehead atoms. The number of nitrogens with zero attached hydrogens (tertiary/aromatic N) is 1. The number of rotatable bonds is 6. The summed E-state index contributed by atoms with van der Waals surface area (Å²) in [6.45, 7) is 1.75. The van der Waals surface area contributed by atoms with Crippen LogP contribution in [0.1, 0.15) is 29.2 Å². The summed E-state index contributed by atoms with van der Waals surface area (Å²) in [5.41, 5.74) is 2.78. The zero-order chi connectivity index (χ0) is 20.1. The lowest BCUT2D eigenvalue weighted by Gasteiger charge is -2.21. The summed E-state index contributed by atoms with van der Waals surface area (Å²) in [5.74, 6) is 1.15. The first-order chi connectivity index (χ1) is 14.2. The van der Waals surface area contributed by atoms with Crippen LogP contribution in [-0.4, -0.2) is 12.6 Å². The number of halogens is 1. The topological polar surface area (TPSA) is 57.1 Å². The highest BCUT2D eigenvalue weighted by atomic mass is 35.5. The summed E-state index contributed by atoms with van der Waals surface area (Å²) < 4.78 is 5.94. The van der Waals surface area contributed by atoms with E-state index in [2.05, 4.69) is 47.0 Å². The number of ether oxygens (including phenoxy) is 1. The standard InChI is InChI=1S/C24H22ClN3O/c25-21-10-5-11-23(20(21)15-26)29-19-9-4-6-17(14-19)16-28-22-12-13-27-24(22)18-7-2-1-3-8-18/h1-11,14,22,24,27-28H,12-13,16H2. The van der Waals surface area contributed by atoms with E-state index in [9.17, 15) is 5.26 Å². The van der Waals surface area contributed by atoms with Crippen LogP contribution in [0.2, 0.25) is 5.02 Å². The molecule has 3 aromatic carbocycles. The minimum absolute atomic E-state index is 0.320. The van der Waals surface area contributed by atoms with Crippen LogP contribution in [0.25, 0.3) is 0 Å². The number of hydrogen-bond acceptors (Lipinski definition) is 4. The molecule has 3 aromatic rings.